The summed E-state index contributed by atoms with van der Waals surface area (Å²) in [6.45, 7) is 20.9. The third kappa shape index (κ3) is 17.4. The second kappa shape index (κ2) is 24.1. The zero-order chi connectivity index (χ0) is 40.9. The normalized spacial score (nSPS) is 12.8. The van der Waals surface area contributed by atoms with Crippen LogP contribution >= 0.6 is 11.8 Å². The van der Waals surface area contributed by atoms with Crippen molar-refractivity contribution >= 4 is 43.8 Å². The zero-order valence-corrected chi connectivity index (χ0v) is 36.8. The largest absolute Gasteiger partial charge is 0.500 e. The third-order valence-corrected chi connectivity index (χ3v) is 13.6. The molecule has 0 heterocycles. The van der Waals surface area contributed by atoms with Crippen molar-refractivity contribution in [2.75, 3.05) is 45.9 Å². The molecule has 304 valence electrons. The first-order valence-electron chi connectivity index (χ1n) is 19.3. The minimum atomic E-state index is -2.54. The number of carbonyl (C=O) groups is 2. The van der Waals surface area contributed by atoms with E-state index in [1.54, 1.807) is 21.3 Å². The summed E-state index contributed by atoms with van der Waals surface area (Å²) < 4.78 is 16.7. The topological polar surface area (TPSA) is 110 Å². The summed E-state index contributed by atoms with van der Waals surface area (Å²) >= 11 is 1.95. The van der Waals surface area contributed by atoms with Crippen LogP contribution in [-0.4, -0.2) is 66.8 Å². The summed E-state index contributed by atoms with van der Waals surface area (Å²) in [5, 5.41) is 12.1. The molecule has 4 N–H and O–H groups in total. The Hall–Kier alpha value is -3.61. The smallest absolute Gasteiger partial charge is 0.377 e. The first-order valence-corrected chi connectivity index (χ1v) is 22.3. The van der Waals surface area contributed by atoms with Crippen molar-refractivity contribution in [2.45, 2.75) is 90.8 Å². The number of allylic oxidation sites excluding steroid dienone is 4. The van der Waals surface area contributed by atoms with Gasteiger partial charge >= 0.3 is 20.9 Å². The van der Waals surface area contributed by atoms with Crippen molar-refractivity contribution in [2.24, 2.45) is 5.92 Å². The van der Waals surface area contributed by atoms with Crippen molar-refractivity contribution in [3.05, 3.63) is 108 Å². The van der Waals surface area contributed by atoms with E-state index in [4.69, 9.17) is 13.3 Å². The molecule has 2 rings (SSSR count). The third-order valence-electron chi connectivity index (χ3n) is 9.69. The van der Waals surface area contributed by atoms with Crippen LogP contribution in [0.15, 0.2) is 86.0 Å². The molecule has 0 radical (unpaired) electrons. The first kappa shape index (κ1) is 47.5. The van der Waals surface area contributed by atoms with Gasteiger partial charge < -0.3 is 34.5 Å². The molecule has 11 heteroatoms. The van der Waals surface area contributed by atoms with E-state index in [-0.39, 0.29) is 12.1 Å². The van der Waals surface area contributed by atoms with Crippen LogP contribution in [0, 0.1) is 5.92 Å². The lowest BCUT2D eigenvalue weighted by Crippen LogP contribution is -2.46. The van der Waals surface area contributed by atoms with E-state index in [1.807, 2.05) is 102 Å². The summed E-state index contributed by atoms with van der Waals surface area (Å²) in [5.41, 5.74) is 5.08. The van der Waals surface area contributed by atoms with Gasteiger partial charge in [-0.3, -0.25) is 0 Å². The maximum atomic E-state index is 12.8. The SMILES string of the molecule is C=C(C)c1cccc(C(C)(C)NC(=O)NCC=CCCC(CC=CCNC(=O)NC(C)(C)c2cccc(C(=C)C)c2)CCSCCC[Si](OC)(OC)OC)c1. The molecule has 0 bridgehead atoms. The van der Waals surface area contributed by atoms with Crippen molar-refractivity contribution in [3.8, 4) is 0 Å². The van der Waals surface area contributed by atoms with Crippen molar-refractivity contribution in [1.82, 2.24) is 21.3 Å². The summed E-state index contributed by atoms with van der Waals surface area (Å²) in [4.78, 5) is 25.5. The standard InChI is InChI=1S/C44H68N4O5SSi/c1-34(2)37-22-17-24-39(32-37)43(5,6)47-41(49)45-27-15-12-13-20-36(26-30-54-29-19-31-55(51-9,52-10)53-11)21-14-16-28-46-42(50)48-44(7,8)40-25-18-23-38(33-40)35(3)4/h12,14-18,22-25,32-33,36H,1,3,13,19-21,26-31H2,2,4-11H3,(H2,45,47,49)(H2,46,48,50). The molecule has 4 amide bonds. The van der Waals surface area contributed by atoms with E-state index >= 15 is 0 Å². The minimum absolute atomic E-state index is 0.209. The highest BCUT2D eigenvalue weighted by molar-refractivity contribution is 7.99. The number of hydrogen-bond donors (Lipinski definition) is 4. The van der Waals surface area contributed by atoms with Gasteiger partial charge in [-0.15, -0.1) is 0 Å². The van der Waals surface area contributed by atoms with Gasteiger partial charge in [0.25, 0.3) is 0 Å². The molecule has 0 aliphatic carbocycles. The van der Waals surface area contributed by atoms with E-state index in [0.717, 1.165) is 83.1 Å². The number of benzene rings is 2. The van der Waals surface area contributed by atoms with Crippen LogP contribution in [0.3, 0.4) is 0 Å². The number of rotatable bonds is 25. The predicted octanol–water partition coefficient (Wildman–Crippen LogP) is 9.81. The Labute approximate surface area is 337 Å². The molecule has 0 spiro atoms. The summed E-state index contributed by atoms with van der Waals surface area (Å²) in [7, 11) is 2.43. The Balaban J connectivity index is 1.87. The average molecular weight is 793 g/mol. The molecule has 55 heavy (non-hydrogen) atoms. The van der Waals surface area contributed by atoms with Crippen LogP contribution in [0.5, 0.6) is 0 Å². The number of nitrogens with one attached hydrogen (secondary N) is 4. The highest BCUT2D eigenvalue weighted by atomic mass is 32.2. The van der Waals surface area contributed by atoms with Gasteiger partial charge in [-0.2, -0.15) is 11.8 Å². The molecule has 0 saturated heterocycles. The number of hydrogen-bond acceptors (Lipinski definition) is 6. The molecule has 0 aromatic heterocycles. The van der Waals surface area contributed by atoms with Gasteiger partial charge in [0.1, 0.15) is 0 Å². The van der Waals surface area contributed by atoms with Gasteiger partial charge in [0.15, 0.2) is 0 Å². The number of amides is 4. The molecule has 0 fully saturated rings. The van der Waals surface area contributed by atoms with Gasteiger partial charge in [-0.1, -0.05) is 85.0 Å². The molecule has 9 nitrogen and oxygen atoms in total. The van der Waals surface area contributed by atoms with E-state index < -0.39 is 19.9 Å². The first-order chi connectivity index (χ1) is 26.1. The monoisotopic (exact) mass is 792 g/mol. The molecule has 2 aromatic rings. The number of urea groups is 2. The van der Waals surface area contributed by atoms with E-state index in [1.165, 1.54) is 0 Å². The predicted molar refractivity (Wildman–Crippen MR) is 235 cm³/mol. The molecule has 2 aromatic carbocycles. The molecule has 0 aliphatic heterocycles. The lowest BCUT2D eigenvalue weighted by molar-refractivity contribution is 0.123. The maximum absolute atomic E-state index is 12.8. The average Bonchev–Trinajstić information content (AvgIpc) is 3.15. The van der Waals surface area contributed by atoms with Crippen molar-refractivity contribution in [1.29, 1.82) is 0 Å². The molecule has 0 aliphatic rings. The molecular weight excluding hydrogens is 725 g/mol. The lowest BCUT2D eigenvalue weighted by Gasteiger charge is -2.27. The minimum Gasteiger partial charge on any atom is -0.377 e. The van der Waals surface area contributed by atoms with Gasteiger partial charge in [-0.25, -0.2) is 9.59 Å². The fraction of sp³-hybridized carbons (Fsp3) is 0.500. The van der Waals surface area contributed by atoms with E-state index in [0.29, 0.717) is 19.0 Å². The van der Waals surface area contributed by atoms with E-state index in [9.17, 15) is 9.59 Å². The maximum Gasteiger partial charge on any atom is 0.500 e. The quantitative estimate of drug-likeness (QED) is 0.0453. The molecule has 1 unspecified atom stereocenters. The highest BCUT2D eigenvalue weighted by Crippen LogP contribution is 2.25. The summed E-state index contributed by atoms with van der Waals surface area (Å²) in [6, 6.07) is 16.6. The van der Waals surface area contributed by atoms with Crippen molar-refractivity contribution < 1.29 is 22.9 Å². The van der Waals surface area contributed by atoms with Crippen LogP contribution in [-0.2, 0) is 24.4 Å². The number of thioether (sulfide) groups is 1. The Morgan fingerprint density at radius 2 is 1.24 bits per heavy atom. The highest BCUT2D eigenvalue weighted by Gasteiger charge is 2.36. The van der Waals surface area contributed by atoms with Crippen LogP contribution in [0.4, 0.5) is 9.59 Å². The molecular formula is C44H68N4O5SSi. The molecule has 0 saturated carbocycles. The fourth-order valence-corrected chi connectivity index (χ4v) is 9.07. The van der Waals surface area contributed by atoms with Crippen LogP contribution in [0.25, 0.3) is 11.1 Å². The Bertz CT molecular complexity index is 1580. The van der Waals surface area contributed by atoms with Crippen LogP contribution in [0.1, 0.15) is 95.9 Å². The van der Waals surface area contributed by atoms with Gasteiger partial charge in [0, 0.05) is 40.5 Å². The number of carbonyl (C=O) groups excluding carboxylic acids is 2. The van der Waals surface area contributed by atoms with Gasteiger partial charge in [-0.05, 0) is 125 Å². The Morgan fingerprint density at radius 1 is 0.745 bits per heavy atom. The van der Waals surface area contributed by atoms with Crippen LogP contribution < -0.4 is 21.3 Å². The van der Waals surface area contributed by atoms with E-state index in [2.05, 4.69) is 58.7 Å². The second-order valence-electron chi connectivity index (χ2n) is 15.1. The van der Waals surface area contributed by atoms with Crippen LogP contribution in [0.2, 0.25) is 6.04 Å². The summed E-state index contributed by atoms with van der Waals surface area (Å²) in [6.07, 6.45) is 13.3. The van der Waals surface area contributed by atoms with Gasteiger partial charge in [0.2, 0.25) is 0 Å². The fourth-order valence-electron chi connectivity index (χ4n) is 6.03. The Morgan fingerprint density at radius 3 is 1.71 bits per heavy atom. The zero-order valence-electron chi connectivity index (χ0n) is 34.9. The lowest BCUT2D eigenvalue weighted by atomic mass is 9.92. The van der Waals surface area contributed by atoms with Crippen molar-refractivity contribution in [3.63, 3.8) is 0 Å². The van der Waals surface area contributed by atoms with Gasteiger partial charge in [0.05, 0.1) is 11.1 Å². The Kier molecular flexibility index (Phi) is 20.8. The second-order valence-corrected chi connectivity index (χ2v) is 19.4. The molecule has 1 atom stereocenters. The summed E-state index contributed by atoms with van der Waals surface area (Å²) in [5.74, 6) is 2.56.